The molecule has 0 aliphatic heterocycles. The minimum atomic E-state index is -0.384. The first-order valence-corrected chi connectivity index (χ1v) is 6.52. The minimum Gasteiger partial charge on any atom is -0.207 e. The van der Waals surface area contributed by atoms with Crippen LogP contribution >= 0.6 is 23.2 Å². The standard InChI is InChI=1S/C15H13Cl2F/c1-10-2-4-11(5-3-10)8-14(17)13-7-6-12(16)9-15(13)18/h2-7,9,14H,8H2,1H3. The molecule has 18 heavy (non-hydrogen) atoms. The molecule has 0 bridgehead atoms. The van der Waals surface area contributed by atoms with Crippen LogP contribution in [0.15, 0.2) is 42.5 Å². The van der Waals surface area contributed by atoms with Gasteiger partial charge in [0.25, 0.3) is 0 Å². The molecule has 0 nitrogen and oxygen atoms in total. The summed E-state index contributed by atoms with van der Waals surface area (Å²) in [4.78, 5) is 0. The quantitative estimate of drug-likeness (QED) is 0.669. The van der Waals surface area contributed by atoms with Gasteiger partial charge in [0.1, 0.15) is 5.82 Å². The molecule has 0 spiro atoms. The number of alkyl halides is 1. The van der Waals surface area contributed by atoms with Crippen LogP contribution in [0.3, 0.4) is 0 Å². The Morgan fingerprint density at radius 2 is 1.78 bits per heavy atom. The van der Waals surface area contributed by atoms with Crippen molar-refractivity contribution in [2.24, 2.45) is 0 Å². The van der Waals surface area contributed by atoms with Crippen LogP contribution < -0.4 is 0 Å². The van der Waals surface area contributed by atoms with Crippen LogP contribution in [-0.4, -0.2) is 0 Å². The summed E-state index contributed by atoms with van der Waals surface area (Å²) < 4.78 is 13.7. The Morgan fingerprint density at radius 3 is 2.39 bits per heavy atom. The Kier molecular flexibility index (Phi) is 4.26. The Labute approximate surface area is 116 Å². The van der Waals surface area contributed by atoms with E-state index in [1.807, 2.05) is 31.2 Å². The highest BCUT2D eigenvalue weighted by Crippen LogP contribution is 2.28. The second-order valence-electron chi connectivity index (χ2n) is 4.32. The van der Waals surface area contributed by atoms with Gasteiger partial charge in [-0.15, -0.1) is 11.6 Å². The third-order valence-electron chi connectivity index (χ3n) is 2.84. The Balaban J connectivity index is 2.16. The van der Waals surface area contributed by atoms with Gasteiger partial charge in [-0.3, -0.25) is 0 Å². The molecule has 0 saturated heterocycles. The van der Waals surface area contributed by atoms with E-state index in [9.17, 15) is 4.39 Å². The van der Waals surface area contributed by atoms with Gasteiger partial charge in [-0.1, -0.05) is 47.5 Å². The molecule has 3 heteroatoms. The summed E-state index contributed by atoms with van der Waals surface area (Å²) in [6, 6.07) is 12.7. The predicted molar refractivity (Wildman–Crippen MR) is 74.9 cm³/mol. The lowest BCUT2D eigenvalue weighted by atomic mass is 10.0. The first kappa shape index (κ1) is 13.4. The zero-order valence-corrected chi connectivity index (χ0v) is 11.5. The summed E-state index contributed by atoms with van der Waals surface area (Å²) in [5, 5.41) is 0.000394. The fourth-order valence-corrected chi connectivity index (χ4v) is 2.31. The van der Waals surface area contributed by atoms with Gasteiger partial charge in [0.2, 0.25) is 0 Å². The van der Waals surface area contributed by atoms with E-state index in [0.29, 0.717) is 17.0 Å². The van der Waals surface area contributed by atoms with Gasteiger partial charge < -0.3 is 0 Å². The van der Waals surface area contributed by atoms with Crippen LogP contribution in [0, 0.1) is 12.7 Å². The van der Waals surface area contributed by atoms with E-state index in [0.717, 1.165) is 5.56 Å². The molecule has 0 aliphatic carbocycles. The van der Waals surface area contributed by atoms with Crippen molar-refractivity contribution >= 4 is 23.2 Å². The lowest BCUT2D eigenvalue weighted by molar-refractivity contribution is 0.606. The maximum atomic E-state index is 13.7. The molecule has 1 atom stereocenters. The molecule has 0 radical (unpaired) electrons. The van der Waals surface area contributed by atoms with Gasteiger partial charge in [0.15, 0.2) is 0 Å². The maximum Gasteiger partial charge on any atom is 0.129 e. The fraction of sp³-hybridized carbons (Fsp3) is 0.200. The average Bonchev–Trinajstić information content (AvgIpc) is 2.32. The van der Waals surface area contributed by atoms with Crippen molar-refractivity contribution in [3.63, 3.8) is 0 Å². The summed E-state index contributed by atoms with van der Waals surface area (Å²) in [6.45, 7) is 2.03. The number of aryl methyl sites for hydroxylation is 1. The zero-order chi connectivity index (χ0) is 13.1. The third-order valence-corrected chi connectivity index (χ3v) is 3.46. The lowest BCUT2D eigenvalue weighted by Crippen LogP contribution is -1.99. The fourth-order valence-electron chi connectivity index (χ4n) is 1.80. The van der Waals surface area contributed by atoms with Crippen LogP contribution in [0.2, 0.25) is 5.02 Å². The zero-order valence-electron chi connectivity index (χ0n) is 9.96. The van der Waals surface area contributed by atoms with Gasteiger partial charge >= 0.3 is 0 Å². The molecule has 0 amide bonds. The lowest BCUT2D eigenvalue weighted by Gasteiger charge is -2.11. The molecule has 0 aliphatic rings. The second kappa shape index (κ2) is 5.73. The molecule has 94 valence electrons. The van der Waals surface area contributed by atoms with Crippen molar-refractivity contribution in [2.45, 2.75) is 18.7 Å². The van der Waals surface area contributed by atoms with Gasteiger partial charge in [-0.05, 0) is 31.0 Å². The Morgan fingerprint density at radius 1 is 1.11 bits per heavy atom. The SMILES string of the molecule is Cc1ccc(CC(Cl)c2ccc(Cl)cc2F)cc1. The van der Waals surface area contributed by atoms with Crippen molar-refractivity contribution in [1.29, 1.82) is 0 Å². The van der Waals surface area contributed by atoms with E-state index in [2.05, 4.69) is 0 Å². The van der Waals surface area contributed by atoms with Crippen molar-refractivity contribution in [2.75, 3.05) is 0 Å². The van der Waals surface area contributed by atoms with Crippen LogP contribution in [0.1, 0.15) is 22.1 Å². The van der Waals surface area contributed by atoms with E-state index in [4.69, 9.17) is 23.2 Å². The number of halogens is 3. The van der Waals surface area contributed by atoms with Gasteiger partial charge in [0, 0.05) is 10.6 Å². The molecule has 2 rings (SSSR count). The molecule has 2 aromatic rings. The van der Waals surface area contributed by atoms with Crippen LogP contribution in [0.25, 0.3) is 0 Å². The second-order valence-corrected chi connectivity index (χ2v) is 5.29. The third kappa shape index (κ3) is 3.24. The van der Waals surface area contributed by atoms with Crippen LogP contribution in [-0.2, 0) is 6.42 Å². The van der Waals surface area contributed by atoms with Gasteiger partial charge in [-0.25, -0.2) is 4.39 Å². The summed E-state index contributed by atoms with van der Waals surface area (Å²) in [5.74, 6) is -0.352. The van der Waals surface area contributed by atoms with Crippen molar-refractivity contribution in [1.82, 2.24) is 0 Å². The highest BCUT2D eigenvalue weighted by molar-refractivity contribution is 6.30. The van der Waals surface area contributed by atoms with E-state index in [1.54, 1.807) is 12.1 Å². The minimum absolute atomic E-state index is 0.352. The molecule has 0 fully saturated rings. The number of hydrogen-bond donors (Lipinski definition) is 0. The van der Waals surface area contributed by atoms with Crippen LogP contribution in [0.4, 0.5) is 4.39 Å². The molecule has 0 saturated carbocycles. The highest BCUT2D eigenvalue weighted by atomic mass is 35.5. The molecule has 0 N–H and O–H groups in total. The van der Waals surface area contributed by atoms with Crippen molar-refractivity contribution in [3.05, 3.63) is 70.0 Å². The van der Waals surface area contributed by atoms with E-state index in [1.165, 1.54) is 11.6 Å². The van der Waals surface area contributed by atoms with Gasteiger partial charge in [-0.2, -0.15) is 0 Å². The topological polar surface area (TPSA) is 0 Å². The molecular formula is C15H13Cl2F. The maximum absolute atomic E-state index is 13.7. The van der Waals surface area contributed by atoms with E-state index < -0.39 is 0 Å². The smallest absolute Gasteiger partial charge is 0.129 e. The Bertz CT molecular complexity index is 535. The Hall–Kier alpha value is -1.05. The monoisotopic (exact) mass is 282 g/mol. The number of hydrogen-bond acceptors (Lipinski definition) is 0. The summed E-state index contributed by atoms with van der Waals surface area (Å²) in [6.07, 6.45) is 0.598. The predicted octanol–water partition coefficient (Wildman–Crippen LogP) is 5.31. The number of rotatable bonds is 3. The summed E-state index contributed by atoms with van der Waals surface area (Å²) in [7, 11) is 0. The molecule has 1 unspecified atom stereocenters. The molecule has 0 heterocycles. The van der Waals surface area contributed by atoms with Crippen molar-refractivity contribution in [3.8, 4) is 0 Å². The van der Waals surface area contributed by atoms with Gasteiger partial charge in [0.05, 0.1) is 5.38 Å². The normalized spacial score (nSPS) is 12.4. The largest absolute Gasteiger partial charge is 0.207 e. The van der Waals surface area contributed by atoms with E-state index in [-0.39, 0.29) is 11.2 Å². The first-order valence-electron chi connectivity index (χ1n) is 5.71. The number of benzene rings is 2. The highest BCUT2D eigenvalue weighted by Gasteiger charge is 2.13. The molecular weight excluding hydrogens is 270 g/mol. The first-order chi connectivity index (χ1) is 8.56. The van der Waals surface area contributed by atoms with E-state index >= 15 is 0 Å². The average molecular weight is 283 g/mol. The van der Waals surface area contributed by atoms with Crippen LogP contribution in [0.5, 0.6) is 0 Å². The van der Waals surface area contributed by atoms with Crippen molar-refractivity contribution < 1.29 is 4.39 Å². The molecule has 2 aromatic carbocycles. The molecule has 0 aromatic heterocycles. The summed E-state index contributed by atoms with van der Waals surface area (Å²) >= 11 is 12.0. The summed E-state index contributed by atoms with van der Waals surface area (Å²) in [5.41, 5.74) is 2.78.